The van der Waals surface area contributed by atoms with E-state index in [2.05, 4.69) is 18.9 Å². The number of ether oxygens (including phenoxy) is 4. The van der Waals surface area contributed by atoms with Gasteiger partial charge in [-0.15, -0.1) is 0 Å². The van der Waals surface area contributed by atoms with Crippen molar-refractivity contribution in [2.24, 2.45) is 0 Å². The second-order valence-electron chi connectivity index (χ2n) is 3.86. The van der Waals surface area contributed by atoms with Gasteiger partial charge in [0.15, 0.2) is 6.10 Å². The van der Waals surface area contributed by atoms with Gasteiger partial charge in [-0.05, 0) is 0 Å². The minimum Gasteiger partial charge on any atom is -0.430 e. The SMILES string of the molecule is O=C(OCC1COC(=O)O1)Oc1c(F)c(F)c(F)c(F)c1F. The molecule has 1 aliphatic heterocycles. The van der Waals surface area contributed by atoms with E-state index in [1.807, 2.05) is 0 Å². The van der Waals surface area contributed by atoms with Crippen molar-refractivity contribution >= 4 is 12.3 Å². The molecule has 1 saturated heterocycles. The Morgan fingerprint density at radius 3 is 2.09 bits per heavy atom. The van der Waals surface area contributed by atoms with Crippen molar-refractivity contribution in [1.82, 2.24) is 0 Å². The summed E-state index contributed by atoms with van der Waals surface area (Å²) in [7, 11) is 0. The fourth-order valence-corrected chi connectivity index (χ4v) is 1.40. The largest absolute Gasteiger partial charge is 0.514 e. The zero-order valence-electron chi connectivity index (χ0n) is 10.3. The highest BCUT2D eigenvalue weighted by Gasteiger charge is 2.30. The van der Waals surface area contributed by atoms with Gasteiger partial charge < -0.3 is 18.9 Å². The van der Waals surface area contributed by atoms with Gasteiger partial charge >= 0.3 is 12.3 Å². The number of carbonyl (C=O) groups excluding carboxylic acids is 2. The maximum Gasteiger partial charge on any atom is 0.514 e. The van der Waals surface area contributed by atoms with Gasteiger partial charge in [-0.1, -0.05) is 0 Å². The predicted octanol–water partition coefficient (Wildman–Crippen LogP) is 2.43. The first-order valence-corrected chi connectivity index (χ1v) is 5.50. The Labute approximate surface area is 118 Å². The van der Waals surface area contributed by atoms with Gasteiger partial charge in [-0.3, -0.25) is 0 Å². The van der Waals surface area contributed by atoms with Crippen LogP contribution < -0.4 is 4.74 Å². The molecule has 2 rings (SSSR count). The molecular weight excluding hydrogens is 323 g/mol. The zero-order chi connectivity index (χ0) is 16.4. The minimum absolute atomic E-state index is 0.241. The highest BCUT2D eigenvalue weighted by atomic mass is 19.2. The van der Waals surface area contributed by atoms with Gasteiger partial charge in [0.1, 0.15) is 13.2 Å². The maximum absolute atomic E-state index is 13.2. The number of carbonyl (C=O) groups is 2. The molecule has 1 aromatic rings. The lowest BCUT2D eigenvalue weighted by atomic mass is 10.3. The highest BCUT2D eigenvalue weighted by Crippen LogP contribution is 2.29. The van der Waals surface area contributed by atoms with E-state index in [1.165, 1.54) is 0 Å². The van der Waals surface area contributed by atoms with Crippen LogP contribution in [0.25, 0.3) is 0 Å². The Balaban J connectivity index is 2.04. The quantitative estimate of drug-likeness (QED) is 0.279. The molecule has 0 saturated carbocycles. The third-order valence-corrected chi connectivity index (χ3v) is 2.39. The molecule has 1 heterocycles. The predicted molar refractivity (Wildman–Crippen MR) is 54.4 cm³/mol. The molecule has 1 aliphatic rings. The molecule has 6 nitrogen and oxygen atoms in total. The molecule has 11 heteroatoms. The number of cyclic esters (lactones) is 2. The van der Waals surface area contributed by atoms with E-state index in [9.17, 15) is 31.5 Å². The van der Waals surface area contributed by atoms with Gasteiger partial charge in [0.25, 0.3) is 0 Å². The molecule has 0 aromatic heterocycles. The van der Waals surface area contributed by atoms with Gasteiger partial charge in [-0.2, -0.15) is 8.78 Å². The second kappa shape index (κ2) is 6.03. The third-order valence-electron chi connectivity index (χ3n) is 2.39. The van der Waals surface area contributed by atoms with Crippen LogP contribution in [0.4, 0.5) is 31.5 Å². The Bertz CT molecular complexity index is 605. The van der Waals surface area contributed by atoms with E-state index in [-0.39, 0.29) is 6.61 Å². The molecule has 0 radical (unpaired) electrons. The summed E-state index contributed by atoms with van der Waals surface area (Å²) in [6.45, 7) is -0.839. The van der Waals surface area contributed by atoms with Crippen molar-refractivity contribution < 1.29 is 50.5 Å². The lowest BCUT2D eigenvalue weighted by Crippen LogP contribution is -2.23. The number of halogens is 5. The van der Waals surface area contributed by atoms with E-state index in [1.54, 1.807) is 0 Å². The summed E-state index contributed by atoms with van der Waals surface area (Å²) in [6.07, 6.45) is -3.75. The first-order chi connectivity index (χ1) is 10.3. The van der Waals surface area contributed by atoms with Crippen LogP contribution in [0.3, 0.4) is 0 Å². The Kier molecular flexibility index (Phi) is 4.33. The Hall–Kier alpha value is -2.59. The molecule has 1 fully saturated rings. The average Bonchev–Trinajstić information content (AvgIpc) is 2.91. The molecule has 0 N–H and O–H groups in total. The molecule has 0 bridgehead atoms. The summed E-state index contributed by atoms with van der Waals surface area (Å²) in [5, 5.41) is 0. The standard InChI is InChI=1S/C11H5F5O6/c12-4-5(13)7(15)9(8(16)6(4)14)22-11(18)20-2-3-1-19-10(17)21-3/h3H,1-2H2. The summed E-state index contributed by atoms with van der Waals surface area (Å²) in [5.74, 6) is -13.4. The van der Waals surface area contributed by atoms with E-state index in [0.29, 0.717) is 0 Å². The Morgan fingerprint density at radius 1 is 1.05 bits per heavy atom. The van der Waals surface area contributed by atoms with Crippen LogP contribution in [0.5, 0.6) is 5.75 Å². The lowest BCUT2D eigenvalue weighted by Gasteiger charge is -2.10. The topological polar surface area (TPSA) is 71.1 Å². The summed E-state index contributed by atoms with van der Waals surface area (Å²) < 4.78 is 82.0. The van der Waals surface area contributed by atoms with Gasteiger partial charge in [0, 0.05) is 0 Å². The maximum atomic E-state index is 13.2. The molecule has 120 valence electrons. The Morgan fingerprint density at radius 2 is 1.59 bits per heavy atom. The first-order valence-electron chi connectivity index (χ1n) is 5.50. The fraction of sp³-hybridized carbons (Fsp3) is 0.273. The summed E-state index contributed by atoms with van der Waals surface area (Å²) in [4.78, 5) is 21.7. The number of benzene rings is 1. The van der Waals surface area contributed by atoms with Crippen molar-refractivity contribution in [1.29, 1.82) is 0 Å². The molecule has 22 heavy (non-hydrogen) atoms. The van der Waals surface area contributed by atoms with E-state index < -0.39 is 59.9 Å². The van der Waals surface area contributed by atoms with Crippen LogP contribution in [0.2, 0.25) is 0 Å². The molecule has 1 unspecified atom stereocenters. The summed E-state index contributed by atoms with van der Waals surface area (Å²) in [6, 6.07) is 0. The summed E-state index contributed by atoms with van der Waals surface area (Å²) in [5.41, 5.74) is 0. The fourth-order valence-electron chi connectivity index (χ4n) is 1.40. The second-order valence-corrected chi connectivity index (χ2v) is 3.86. The van der Waals surface area contributed by atoms with Crippen molar-refractivity contribution in [3.63, 3.8) is 0 Å². The normalized spacial score (nSPS) is 17.0. The zero-order valence-corrected chi connectivity index (χ0v) is 10.3. The number of hydrogen-bond acceptors (Lipinski definition) is 6. The molecule has 0 spiro atoms. The highest BCUT2D eigenvalue weighted by molar-refractivity contribution is 5.64. The van der Waals surface area contributed by atoms with Gasteiger partial charge in [0.2, 0.25) is 34.8 Å². The van der Waals surface area contributed by atoms with Gasteiger partial charge in [0.05, 0.1) is 0 Å². The van der Waals surface area contributed by atoms with Crippen molar-refractivity contribution in [3.8, 4) is 5.75 Å². The van der Waals surface area contributed by atoms with Crippen LogP contribution in [0.1, 0.15) is 0 Å². The monoisotopic (exact) mass is 328 g/mol. The first kappa shape index (κ1) is 15.8. The van der Waals surface area contributed by atoms with Crippen LogP contribution >= 0.6 is 0 Å². The smallest absolute Gasteiger partial charge is 0.430 e. The van der Waals surface area contributed by atoms with Crippen molar-refractivity contribution in [3.05, 3.63) is 29.1 Å². The number of hydrogen-bond donors (Lipinski definition) is 0. The van der Waals surface area contributed by atoms with E-state index in [0.717, 1.165) is 0 Å². The van der Waals surface area contributed by atoms with Crippen LogP contribution in [0.15, 0.2) is 0 Å². The van der Waals surface area contributed by atoms with Crippen LogP contribution in [-0.4, -0.2) is 31.6 Å². The molecule has 0 amide bonds. The van der Waals surface area contributed by atoms with E-state index >= 15 is 0 Å². The molecule has 1 atom stereocenters. The molecule has 0 aliphatic carbocycles. The summed E-state index contributed by atoms with van der Waals surface area (Å²) >= 11 is 0. The van der Waals surface area contributed by atoms with Gasteiger partial charge in [-0.25, -0.2) is 22.8 Å². The number of rotatable bonds is 3. The third kappa shape index (κ3) is 3.02. The lowest BCUT2D eigenvalue weighted by molar-refractivity contribution is 0.0488. The average molecular weight is 328 g/mol. The molecule has 1 aromatic carbocycles. The van der Waals surface area contributed by atoms with E-state index in [4.69, 9.17) is 0 Å². The van der Waals surface area contributed by atoms with Crippen LogP contribution in [-0.2, 0) is 14.2 Å². The van der Waals surface area contributed by atoms with Crippen molar-refractivity contribution in [2.45, 2.75) is 6.10 Å². The molecular formula is C11H5F5O6. The minimum atomic E-state index is -2.40. The van der Waals surface area contributed by atoms with Crippen molar-refractivity contribution in [2.75, 3.05) is 13.2 Å². The van der Waals surface area contributed by atoms with Crippen LogP contribution in [0, 0.1) is 29.1 Å².